The van der Waals surface area contributed by atoms with Crippen LogP contribution < -0.4 is 4.74 Å². The molecule has 0 bridgehead atoms. The summed E-state index contributed by atoms with van der Waals surface area (Å²) in [5, 5.41) is 0.0300. The minimum Gasteiger partial charge on any atom is -0.496 e. The lowest BCUT2D eigenvalue weighted by atomic mass is 9.78. The third kappa shape index (κ3) is 3.64. The van der Waals surface area contributed by atoms with Crippen molar-refractivity contribution in [3.8, 4) is 5.75 Å². The molecular weight excluding hydrogens is 260 g/mol. The number of alkyl halides is 1. The van der Waals surface area contributed by atoms with Crippen molar-refractivity contribution in [2.24, 2.45) is 5.92 Å². The number of hydrogen-bond donors (Lipinski definition) is 0. The highest BCUT2D eigenvalue weighted by molar-refractivity contribution is 6.21. The average Bonchev–Trinajstić information content (AvgIpc) is 2.36. The largest absolute Gasteiger partial charge is 0.496 e. The number of aryl methyl sites for hydroxylation is 1. The van der Waals surface area contributed by atoms with Crippen LogP contribution in [0.4, 0.5) is 0 Å². The second-order valence-electron chi connectivity index (χ2n) is 5.36. The Bertz CT molecular complexity index is 413. The third-order valence-electron chi connectivity index (χ3n) is 3.86. The Morgan fingerprint density at radius 1 is 1.37 bits per heavy atom. The lowest BCUT2D eigenvalue weighted by molar-refractivity contribution is -0.0267. The number of halogens is 1. The molecule has 0 spiro atoms. The molecule has 0 saturated heterocycles. The topological polar surface area (TPSA) is 18.5 Å². The maximum Gasteiger partial charge on any atom is 0.123 e. The molecule has 1 atom stereocenters. The first-order valence-corrected chi connectivity index (χ1v) is 7.47. The Kier molecular flexibility index (Phi) is 5.12. The summed E-state index contributed by atoms with van der Waals surface area (Å²) in [6.07, 6.45) is 3.75. The molecule has 1 saturated carbocycles. The van der Waals surface area contributed by atoms with Gasteiger partial charge < -0.3 is 9.47 Å². The van der Waals surface area contributed by atoms with Gasteiger partial charge in [0.05, 0.1) is 18.6 Å². The van der Waals surface area contributed by atoms with Gasteiger partial charge in [0.2, 0.25) is 0 Å². The van der Waals surface area contributed by atoms with Gasteiger partial charge >= 0.3 is 0 Å². The third-order valence-corrected chi connectivity index (χ3v) is 4.27. The van der Waals surface area contributed by atoms with Gasteiger partial charge in [0.1, 0.15) is 5.75 Å². The van der Waals surface area contributed by atoms with Gasteiger partial charge in [-0.1, -0.05) is 17.7 Å². The van der Waals surface area contributed by atoms with Gasteiger partial charge in [-0.2, -0.15) is 0 Å². The molecule has 106 valence electrons. The van der Waals surface area contributed by atoms with E-state index in [0.29, 0.717) is 12.0 Å². The van der Waals surface area contributed by atoms with Crippen molar-refractivity contribution in [1.29, 1.82) is 0 Å². The second-order valence-corrected chi connectivity index (χ2v) is 5.89. The molecule has 0 aromatic heterocycles. The Hall–Kier alpha value is -0.730. The molecule has 0 radical (unpaired) electrons. The molecule has 0 heterocycles. The van der Waals surface area contributed by atoms with E-state index < -0.39 is 0 Å². The minimum atomic E-state index is 0.0300. The van der Waals surface area contributed by atoms with E-state index in [9.17, 15) is 0 Å². The number of benzene rings is 1. The molecule has 1 aromatic carbocycles. The van der Waals surface area contributed by atoms with Crippen molar-refractivity contribution in [2.45, 2.75) is 44.6 Å². The van der Waals surface area contributed by atoms with Crippen LogP contribution in [0.5, 0.6) is 5.75 Å². The SMILES string of the molecule is CCOC1CC(CC(Cl)c2cc(C)ccc2OC)C1. The fraction of sp³-hybridized carbons (Fsp3) is 0.625. The van der Waals surface area contributed by atoms with Crippen LogP contribution in [0.3, 0.4) is 0 Å². The van der Waals surface area contributed by atoms with Crippen molar-refractivity contribution in [3.63, 3.8) is 0 Å². The van der Waals surface area contributed by atoms with Crippen molar-refractivity contribution in [1.82, 2.24) is 0 Å². The van der Waals surface area contributed by atoms with E-state index in [-0.39, 0.29) is 5.38 Å². The molecule has 1 aromatic rings. The van der Waals surface area contributed by atoms with E-state index >= 15 is 0 Å². The van der Waals surface area contributed by atoms with Crippen LogP contribution in [0.2, 0.25) is 0 Å². The van der Waals surface area contributed by atoms with Gasteiger partial charge in [-0.05, 0) is 45.1 Å². The molecule has 1 aliphatic carbocycles. The zero-order chi connectivity index (χ0) is 13.8. The van der Waals surface area contributed by atoms with Gasteiger partial charge in [-0.25, -0.2) is 0 Å². The van der Waals surface area contributed by atoms with E-state index in [2.05, 4.69) is 26.0 Å². The van der Waals surface area contributed by atoms with Crippen molar-refractivity contribution in [2.75, 3.05) is 13.7 Å². The van der Waals surface area contributed by atoms with Crippen LogP contribution in [-0.2, 0) is 4.74 Å². The Morgan fingerprint density at radius 3 is 2.74 bits per heavy atom. The first kappa shape index (κ1) is 14.7. The Balaban J connectivity index is 1.93. The van der Waals surface area contributed by atoms with Crippen LogP contribution >= 0.6 is 11.6 Å². The van der Waals surface area contributed by atoms with Gasteiger partial charge in [0.25, 0.3) is 0 Å². The molecule has 1 unspecified atom stereocenters. The molecule has 2 nitrogen and oxygen atoms in total. The first-order chi connectivity index (χ1) is 9.13. The van der Waals surface area contributed by atoms with Crippen molar-refractivity contribution in [3.05, 3.63) is 29.3 Å². The Morgan fingerprint density at radius 2 is 2.11 bits per heavy atom. The maximum atomic E-state index is 6.57. The molecule has 1 fully saturated rings. The summed E-state index contributed by atoms with van der Waals surface area (Å²) in [7, 11) is 1.70. The molecule has 3 heteroatoms. The van der Waals surface area contributed by atoms with E-state index in [1.54, 1.807) is 7.11 Å². The highest BCUT2D eigenvalue weighted by Gasteiger charge is 2.31. The summed E-state index contributed by atoms with van der Waals surface area (Å²) in [6.45, 7) is 4.95. The van der Waals surface area contributed by atoms with Crippen LogP contribution in [0.1, 0.15) is 42.7 Å². The summed E-state index contributed by atoms with van der Waals surface area (Å²) in [6, 6.07) is 6.19. The van der Waals surface area contributed by atoms with Gasteiger partial charge in [0, 0.05) is 12.2 Å². The smallest absolute Gasteiger partial charge is 0.123 e. The van der Waals surface area contributed by atoms with Crippen molar-refractivity contribution >= 4 is 11.6 Å². The van der Waals surface area contributed by atoms with Crippen LogP contribution in [-0.4, -0.2) is 19.8 Å². The van der Waals surface area contributed by atoms with Crippen LogP contribution in [0.25, 0.3) is 0 Å². The monoisotopic (exact) mass is 282 g/mol. The minimum absolute atomic E-state index is 0.0300. The normalized spacial score (nSPS) is 23.8. The number of ether oxygens (including phenoxy) is 2. The number of hydrogen-bond acceptors (Lipinski definition) is 2. The molecule has 0 amide bonds. The first-order valence-electron chi connectivity index (χ1n) is 7.04. The zero-order valence-electron chi connectivity index (χ0n) is 12.0. The van der Waals surface area contributed by atoms with Crippen LogP contribution in [0.15, 0.2) is 18.2 Å². The van der Waals surface area contributed by atoms with E-state index in [4.69, 9.17) is 21.1 Å². The molecule has 0 aliphatic heterocycles. The maximum absolute atomic E-state index is 6.57. The summed E-state index contributed by atoms with van der Waals surface area (Å²) in [5.74, 6) is 1.58. The Labute approximate surface area is 121 Å². The molecule has 1 aliphatic rings. The highest BCUT2D eigenvalue weighted by atomic mass is 35.5. The average molecular weight is 283 g/mol. The van der Waals surface area contributed by atoms with E-state index in [1.165, 1.54) is 5.56 Å². The summed E-state index contributed by atoms with van der Waals surface area (Å²) in [5.41, 5.74) is 2.34. The lowest BCUT2D eigenvalue weighted by Crippen LogP contribution is -2.31. The predicted octanol–water partition coefficient (Wildman–Crippen LogP) is 4.49. The van der Waals surface area contributed by atoms with Crippen LogP contribution in [0, 0.1) is 12.8 Å². The van der Waals surface area contributed by atoms with Crippen molar-refractivity contribution < 1.29 is 9.47 Å². The van der Waals surface area contributed by atoms with E-state index in [1.807, 2.05) is 6.07 Å². The molecule has 19 heavy (non-hydrogen) atoms. The highest BCUT2D eigenvalue weighted by Crippen LogP contribution is 2.41. The fourth-order valence-corrected chi connectivity index (χ4v) is 3.18. The van der Waals surface area contributed by atoms with Gasteiger partial charge in [-0.15, -0.1) is 11.6 Å². The quantitative estimate of drug-likeness (QED) is 0.716. The summed E-state index contributed by atoms with van der Waals surface area (Å²) >= 11 is 6.57. The fourth-order valence-electron chi connectivity index (χ4n) is 2.76. The second kappa shape index (κ2) is 6.62. The zero-order valence-corrected chi connectivity index (χ0v) is 12.7. The molecule has 0 N–H and O–H groups in total. The van der Waals surface area contributed by atoms with Gasteiger partial charge in [0.15, 0.2) is 0 Å². The summed E-state index contributed by atoms with van der Waals surface area (Å²) < 4.78 is 11.0. The van der Waals surface area contributed by atoms with E-state index in [0.717, 1.165) is 37.2 Å². The molecule has 2 rings (SSSR count). The molecular formula is C16H23ClO2. The summed E-state index contributed by atoms with van der Waals surface area (Å²) in [4.78, 5) is 0. The lowest BCUT2D eigenvalue weighted by Gasteiger charge is -2.36. The number of methoxy groups -OCH3 is 1. The standard InChI is InChI=1S/C16H23ClO2/c1-4-19-13-8-12(9-13)10-15(17)14-7-11(2)5-6-16(14)18-3/h5-7,12-13,15H,4,8-10H2,1-3H3. The predicted molar refractivity (Wildman–Crippen MR) is 79.1 cm³/mol. The van der Waals surface area contributed by atoms with Gasteiger partial charge in [-0.3, -0.25) is 0 Å². The number of rotatable bonds is 6.